The Balaban J connectivity index is 1.34. The van der Waals surface area contributed by atoms with Crippen molar-refractivity contribution in [2.24, 2.45) is 0 Å². The fourth-order valence-electron chi connectivity index (χ4n) is 4.01. The molecule has 30 heavy (non-hydrogen) atoms. The van der Waals surface area contributed by atoms with Gasteiger partial charge >= 0.3 is 0 Å². The van der Waals surface area contributed by atoms with Crippen molar-refractivity contribution in [3.8, 4) is 11.1 Å². The quantitative estimate of drug-likeness (QED) is 0.542. The predicted octanol–water partition coefficient (Wildman–Crippen LogP) is 4.20. The maximum Gasteiger partial charge on any atom is 0.253 e. The number of amides is 1. The average Bonchev–Trinajstić information content (AvgIpc) is 3.11. The van der Waals surface area contributed by atoms with Gasteiger partial charge in [-0.1, -0.05) is 23.7 Å². The number of fused-ring (bicyclic) bond motifs is 3. The van der Waals surface area contributed by atoms with Crippen molar-refractivity contribution < 1.29 is 4.79 Å². The van der Waals surface area contributed by atoms with Crippen LogP contribution in [0.25, 0.3) is 22.2 Å². The van der Waals surface area contributed by atoms with Gasteiger partial charge < -0.3 is 9.88 Å². The first-order valence-corrected chi connectivity index (χ1v) is 10.3. The van der Waals surface area contributed by atoms with Gasteiger partial charge in [0.05, 0.1) is 21.6 Å². The standard InChI is InChI=1S/C23H20ClN5O/c1-14-2-6-21-20(8-14)28-22-7-4-17(12-29(21)22)27-23(30)18-5-3-15(9-19(18)24)16-10-25-13-26-11-16/h2-3,5-6,8-11,13,17H,4,7,12H2,1H3,(H,27,30). The number of aryl methyl sites for hydroxylation is 2. The van der Waals surface area contributed by atoms with E-state index in [0.29, 0.717) is 17.1 Å². The van der Waals surface area contributed by atoms with Crippen LogP contribution in [-0.2, 0) is 13.0 Å². The van der Waals surface area contributed by atoms with E-state index in [4.69, 9.17) is 16.6 Å². The zero-order valence-electron chi connectivity index (χ0n) is 16.5. The van der Waals surface area contributed by atoms with Crippen LogP contribution in [0.4, 0.5) is 0 Å². The molecule has 1 unspecified atom stereocenters. The minimum Gasteiger partial charge on any atom is -0.347 e. The molecule has 0 saturated carbocycles. The van der Waals surface area contributed by atoms with E-state index < -0.39 is 0 Å². The van der Waals surface area contributed by atoms with E-state index in [-0.39, 0.29) is 11.9 Å². The second-order valence-electron chi connectivity index (χ2n) is 7.66. The van der Waals surface area contributed by atoms with Crippen LogP contribution in [0.2, 0.25) is 5.02 Å². The Bertz CT molecular complexity index is 1250. The van der Waals surface area contributed by atoms with Gasteiger partial charge in [-0.05, 0) is 48.7 Å². The van der Waals surface area contributed by atoms with Crippen molar-refractivity contribution in [1.29, 1.82) is 0 Å². The van der Waals surface area contributed by atoms with Crippen molar-refractivity contribution >= 4 is 28.5 Å². The van der Waals surface area contributed by atoms with Gasteiger partial charge in [-0.25, -0.2) is 15.0 Å². The summed E-state index contributed by atoms with van der Waals surface area (Å²) < 4.78 is 2.21. The van der Waals surface area contributed by atoms with Gasteiger partial charge in [0, 0.05) is 37.0 Å². The molecule has 150 valence electrons. The molecule has 1 aliphatic rings. The Kier molecular flexibility index (Phi) is 4.71. The number of carbonyl (C=O) groups is 1. The van der Waals surface area contributed by atoms with Gasteiger partial charge in [0.25, 0.3) is 5.91 Å². The molecule has 0 spiro atoms. The van der Waals surface area contributed by atoms with E-state index in [1.807, 2.05) is 6.07 Å². The molecular formula is C23H20ClN5O. The van der Waals surface area contributed by atoms with Gasteiger partial charge in [0.2, 0.25) is 0 Å². The zero-order valence-corrected chi connectivity index (χ0v) is 17.2. The molecule has 0 saturated heterocycles. The molecule has 5 rings (SSSR count). The van der Waals surface area contributed by atoms with E-state index in [2.05, 4.69) is 45.0 Å². The van der Waals surface area contributed by atoms with Gasteiger partial charge in [-0.2, -0.15) is 0 Å². The van der Waals surface area contributed by atoms with E-state index in [1.165, 1.54) is 11.9 Å². The molecule has 0 fully saturated rings. The third-order valence-corrected chi connectivity index (χ3v) is 5.86. The second-order valence-corrected chi connectivity index (χ2v) is 8.07. The SMILES string of the molecule is Cc1ccc2c(c1)nc1n2CC(NC(=O)c2ccc(-c3cncnc3)cc2Cl)CC1. The van der Waals surface area contributed by atoms with Crippen LogP contribution in [0, 0.1) is 6.92 Å². The Morgan fingerprint density at radius 2 is 1.97 bits per heavy atom. The fraction of sp³-hybridized carbons (Fsp3) is 0.217. The lowest BCUT2D eigenvalue weighted by Crippen LogP contribution is -2.41. The van der Waals surface area contributed by atoms with Crippen LogP contribution in [-0.4, -0.2) is 31.5 Å². The number of aromatic nitrogens is 4. The maximum atomic E-state index is 12.9. The molecule has 0 bridgehead atoms. The molecule has 2 aromatic carbocycles. The largest absolute Gasteiger partial charge is 0.347 e. The number of benzene rings is 2. The Morgan fingerprint density at radius 1 is 1.13 bits per heavy atom. The third-order valence-electron chi connectivity index (χ3n) is 5.54. The number of nitrogens with one attached hydrogen (secondary N) is 1. The summed E-state index contributed by atoms with van der Waals surface area (Å²) in [6.45, 7) is 2.78. The molecule has 1 aliphatic heterocycles. The highest BCUT2D eigenvalue weighted by atomic mass is 35.5. The summed E-state index contributed by atoms with van der Waals surface area (Å²) in [6.07, 6.45) is 6.60. The van der Waals surface area contributed by atoms with Gasteiger partial charge in [0.1, 0.15) is 12.2 Å². The molecular weight excluding hydrogens is 398 g/mol. The molecule has 1 N–H and O–H groups in total. The third kappa shape index (κ3) is 3.44. The number of carbonyl (C=O) groups excluding carboxylic acids is 1. The van der Waals surface area contributed by atoms with Crippen LogP contribution in [0.15, 0.2) is 55.1 Å². The van der Waals surface area contributed by atoms with Crippen molar-refractivity contribution in [2.45, 2.75) is 32.4 Å². The van der Waals surface area contributed by atoms with E-state index >= 15 is 0 Å². The fourth-order valence-corrected chi connectivity index (χ4v) is 4.27. The van der Waals surface area contributed by atoms with Gasteiger partial charge in [-0.3, -0.25) is 4.79 Å². The summed E-state index contributed by atoms with van der Waals surface area (Å²) in [7, 11) is 0. The van der Waals surface area contributed by atoms with Crippen LogP contribution in [0.1, 0.15) is 28.2 Å². The van der Waals surface area contributed by atoms with Crippen LogP contribution < -0.4 is 5.32 Å². The highest BCUT2D eigenvalue weighted by Gasteiger charge is 2.24. The molecule has 0 radical (unpaired) electrons. The van der Waals surface area contributed by atoms with E-state index in [9.17, 15) is 4.79 Å². The second kappa shape index (κ2) is 7.54. The summed E-state index contributed by atoms with van der Waals surface area (Å²) in [6, 6.07) is 11.7. The average molecular weight is 418 g/mol. The van der Waals surface area contributed by atoms with E-state index in [1.54, 1.807) is 24.5 Å². The topological polar surface area (TPSA) is 72.7 Å². The number of hydrogen-bond acceptors (Lipinski definition) is 4. The van der Waals surface area contributed by atoms with Crippen molar-refractivity contribution in [3.63, 3.8) is 0 Å². The zero-order chi connectivity index (χ0) is 20.7. The first-order valence-electron chi connectivity index (χ1n) is 9.90. The lowest BCUT2D eigenvalue weighted by atomic mass is 10.0. The number of hydrogen-bond donors (Lipinski definition) is 1. The van der Waals surface area contributed by atoms with E-state index in [0.717, 1.165) is 40.8 Å². The summed E-state index contributed by atoms with van der Waals surface area (Å²) in [5.74, 6) is 0.915. The maximum absolute atomic E-state index is 12.9. The predicted molar refractivity (Wildman–Crippen MR) is 117 cm³/mol. The first-order chi connectivity index (χ1) is 14.6. The number of halogens is 1. The highest BCUT2D eigenvalue weighted by Crippen LogP contribution is 2.26. The molecule has 6 nitrogen and oxygen atoms in total. The normalized spacial score (nSPS) is 15.7. The molecule has 0 aliphatic carbocycles. The first kappa shape index (κ1) is 18.8. The minimum absolute atomic E-state index is 0.0296. The highest BCUT2D eigenvalue weighted by molar-refractivity contribution is 6.34. The summed E-state index contributed by atoms with van der Waals surface area (Å²) in [5, 5.41) is 3.56. The minimum atomic E-state index is -0.162. The summed E-state index contributed by atoms with van der Waals surface area (Å²) in [4.78, 5) is 25.7. The lowest BCUT2D eigenvalue weighted by molar-refractivity contribution is 0.0928. The van der Waals surface area contributed by atoms with Crippen molar-refractivity contribution in [2.75, 3.05) is 0 Å². The number of nitrogens with zero attached hydrogens (tertiary/aromatic N) is 4. The molecule has 4 aromatic rings. The lowest BCUT2D eigenvalue weighted by Gasteiger charge is -2.25. The molecule has 7 heteroatoms. The molecule has 3 heterocycles. The Labute approximate surface area is 179 Å². The van der Waals surface area contributed by atoms with Crippen LogP contribution in [0.3, 0.4) is 0 Å². The molecule has 1 atom stereocenters. The Morgan fingerprint density at radius 3 is 2.77 bits per heavy atom. The number of rotatable bonds is 3. The van der Waals surface area contributed by atoms with Gasteiger partial charge in [-0.15, -0.1) is 0 Å². The smallest absolute Gasteiger partial charge is 0.253 e. The van der Waals surface area contributed by atoms with Gasteiger partial charge in [0.15, 0.2) is 0 Å². The van der Waals surface area contributed by atoms with Crippen molar-refractivity contribution in [3.05, 3.63) is 77.1 Å². The number of imidazole rings is 1. The molecule has 2 aromatic heterocycles. The Hall–Kier alpha value is -3.25. The van der Waals surface area contributed by atoms with Crippen molar-refractivity contribution in [1.82, 2.24) is 24.8 Å². The summed E-state index contributed by atoms with van der Waals surface area (Å²) in [5.41, 5.74) is 5.52. The van der Waals surface area contributed by atoms with Crippen LogP contribution in [0.5, 0.6) is 0 Å². The summed E-state index contributed by atoms with van der Waals surface area (Å²) >= 11 is 6.43. The molecule has 1 amide bonds. The monoisotopic (exact) mass is 417 g/mol. The van der Waals surface area contributed by atoms with Crippen LogP contribution >= 0.6 is 11.6 Å².